The maximum Gasteiger partial charge on any atom is 0.200 e. The Morgan fingerprint density at radius 2 is 1.26 bits per heavy atom. The van der Waals surface area contributed by atoms with Crippen LogP contribution in [0.25, 0.3) is 6.08 Å². The van der Waals surface area contributed by atoms with Gasteiger partial charge in [-0.25, -0.2) is 22.0 Å². The number of rotatable bonds is 4. The van der Waals surface area contributed by atoms with E-state index < -0.39 is 39.9 Å². The van der Waals surface area contributed by atoms with Crippen LogP contribution >= 0.6 is 0 Å². The summed E-state index contributed by atoms with van der Waals surface area (Å²) in [5.74, 6) is -9.74. The van der Waals surface area contributed by atoms with Crippen molar-refractivity contribution in [3.63, 3.8) is 0 Å². The van der Waals surface area contributed by atoms with Crippen LogP contribution in [-0.4, -0.2) is 7.28 Å². The standard InChI is InChI=1S/C17H13BF5/c1-4-9-5-7-10(8-6-9)17(2,3)18-11-12(19)14(21)16(23)15(22)13(11)20/h4-8H,1H2,2-3H3. The summed E-state index contributed by atoms with van der Waals surface area (Å²) in [6.45, 7) is 6.85. The molecule has 2 aromatic rings. The zero-order valence-corrected chi connectivity index (χ0v) is 12.6. The first-order chi connectivity index (χ1) is 10.7. The van der Waals surface area contributed by atoms with E-state index in [9.17, 15) is 22.0 Å². The van der Waals surface area contributed by atoms with E-state index >= 15 is 0 Å². The Morgan fingerprint density at radius 3 is 1.70 bits per heavy atom. The molecule has 0 nitrogen and oxygen atoms in total. The molecule has 2 rings (SSSR count). The molecule has 0 aromatic heterocycles. The van der Waals surface area contributed by atoms with Gasteiger partial charge in [0, 0.05) is 0 Å². The van der Waals surface area contributed by atoms with Crippen LogP contribution in [0.15, 0.2) is 30.8 Å². The average Bonchev–Trinajstić information content (AvgIpc) is 2.55. The highest BCUT2D eigenvalue weighted by Gasteiger charge is 2.31. The first kappa shape index (κ1) is 17.3. The third-order valence-electron chi connectivity index (χ3n) is 3.64. The van der Waals surface area contributed by atoms with Crippen molar-refractivity contribution >= 4 is 18.8 Å². The molecule has 2 aromatic carbocycles. The number of hydrogen-bond acceptors (Lipinski definition) is 0. The molecule has 0 heterocycles. The van der Waals surface area contributed by atoms with Crippen molar-refractivity contribution in [2.45, 2.75) is 19.2 Å². The smallest absolute Gasteiger partial charge is 0.200 e. The van der Waals surface area contributed by atoms with Gasteiger partial charge in [0.05, 0.1) is 0 Å². The monoisotopic (exact) mass is 323 g/mol. The highest BCUT2D eigenvalue weighted by molar-refractivity contribution is 6.56. The Bertz CT molecular complexity index is 722. The van der Waals surface area contributed by atoms with Crippen molar-refractivity contribution in [2.75, 3.05) is 0 Å². The molecule has 0 fully saturated rings. The molecule has 0 atom stereocenters. The maximum atomic E-state index is 13.8. The highest BCUT2D eigenvalue weighted by atomic mass is 19.2. The highest BCUT2D eigenvalue weighted by Crippen LogP contribution is 2.24. The Balaban J connectivity index is 2.46. The van der Waals surface area contributed by atoms with Gasteiger partial charge in [0.25, 0.3) is 0 Å². The van der Waals surface area contributed by atoms with E-state index in [0.29, 0.717) is 5.56 Å². The van der Waals surface area contributed by atoms with Crippen LogP contribution in [0.3, 0.4) is 0 Å². The Kier molecular flexibility index (Phi) is 4.64. The van der Waals surface area contributed by atoms with Crippen LogP contribution in [0, 0.1) is 29.1 Å². The topological polar surface area (TPSA) is 0 Å². The van der Waals surface area contributed by atoms with E-state index in [2.05, 4.69) is 6.58 Å². The quantitative estimate of drug-likeness (QED) is 0.341. The van der Waals surface area contributed by atoms with Crippen LogP contribution in [0.1, 0.15) is 25.0 Å². The Labute approximate surface area is 131 Å². The van der Waals surface area contributed by atoms with Gasteiger partial charge < -0.3 is 0 Å². The Hall–Kier alpha value is -2.11. The van der Waals surface area contributed by atoms with E-state index in [1.807, 2.05) is 0 Å². The lowest BCUT2D eigenvalue weighted by Gasteiger charge is -2.25. The fraction of sp³-hybridized carbons (Fsp3) is 0.176. The zero-order valence-electron chi connectivity index (χ0n) is 12.6. The lowest BCUT2D eigenvalue weighted by Crippen LogP contribution is -2.39. The predicted molar refractivity (Wildman–Crippen MR) is 81.2 cm³/mol. The van der Waals surface area contributed by atoms with E-state index in [0.717, 1.165) is 12.8 Å². The Morgan fingerprint density at radius 1 is 0.826 bits per heavy atom. The predicted octanol–water partition coefficient (Wildman–Crippen LogP) is 4.29. The normalized spacial score (nSPS) is 11.4. The summed E-state index contributed by atoms with van der Waals surface area (Å²) in [5, 5.41) is -0.946. The molecule has 0 bridgehead atoms. The second-order valence-electron chi connectivity index (χ2n) is 5.68. The molecule has 0 unspecified atom stereocenters. The van der Waals surface area contributed by atoms with Crippen molar-refractivity contribution in [3.8, 4) is 0 Å². The van der Waals surface area contributed by atoms with Gasteiger partial charge in [0.1, 0.15) is 0 Å². The third kappa shape index (κ3) is 3.16. The van der Waals surface area contributed by atoms with Crippen molar-refractivity contribution in [1.29, 1.82) is 0 Å². The SMILES string of the molecule is C=Cc1ccc(C(C)(C)[B]c2c(F)c(F)c(F)c(F)c2F)cc1. The van der Waals surface area contributed by atoms with E-state index in [1.54, 1.807) is 44.2 Å². The van der Waals surface area contributed by atoms with Crippen LogP contribution < -0.4 is 5.46 Å². The van der Waals surface area contributed by atoms with Crippen LogP contribution in [-0.2, 0) is 5.31 Å². The van der Waals surface area contributed by atoms with Crippen LogP contribution in [0.5, 0.6) is 0 Å². The molecule has 23 heavy (non-hydrogen) atoms. The molecule has 0 saturated carbocycles. The first-order valence-corrected chi connectivity index (χ1v) is 6.79. The molecular weight excluding hydrogens is 310 g/mol. The molecule has 0 amide bonds. The van der Waals surface area contributed by atoms with Gasteiger partial charge >= 0.3 is 0 Å². The number of halogens is 5. The average molecular weight is 323 g/mol. The zero-order chi connectivity index (χ0) is 17.4. The van der Waals surface area contributed by atoms with Gasteiger partial charge in [0.15, 0.2) is 36.4 Å². The molecule has 0 spiro atoms. The molecule has 0 N–H and O–H groups in total. The van der Waals surface area contributed by atoms with Gasteiger partial charge in [-0.3, -0.25) is 0 Å². The fourth-order valence-electron chi connectivity index (χ4n) is 2.24. The lowest BCUT2D eigenvalue weighted by molar-refractivity contribution is 0.384. The van der Waals surface area contributed by atoms with Crippen LogP contribution in [0.4, 0.5) is 22.0 Å². The summed E-state index contributed by atoms with van der Waals surface area (Å²) in [5.41, 5.74) is 0.576. The minimum atomic E-state index is -2.16. The van der Waals surface area contributed by atoms with Crippen molar-refractivity contribution < 1.29 is 22.0 Å². The molecule has 0 aliphatic rings. The first-order valence-electron chi connectivity index (χ1n) is 6.79. The summed E-state index contributed by atoms with van der Waals surface area (Å²) in [7, 11) is 1.03. The molecule has 0 aliphatic heterocycles. The van der Waals surface area contributed by atoms with Crippen molar-refractivity contribution in [1.82, 2.24) is 0 Å². The van der Waals surface area contributed by atoms with Gasteiger partial charge in [-0.1, -0.05) is 50.8 Å². The van der Waals surface area contributed by atoms with Gasteiger partial charge in [-0.2, -0.15) is 0 Å². The van der Waals surface area contributed by atoms with E-state index in [-0.39, 0.29) is 0 Å². The largest absolute Gasteiger partial charge is 0.204 e. The summed E-state index contributed by atoms with van der Waals surface area (Å²) in [6, 6.07) is 6.91. The summed E-state index contributed by atoms with van der Waals surface area (Å²) in [4.78, 5) is 0. The lowest BCUT2D eigenvalue weighted by atomic mass is 9.47. The molecule has 0 aliphatic carbocycles. The minimum absolute atomic E-state index is 0.659. The second kappa shape index (κ2) is 6.18. The van der Waals surface area contributed by atoms with E-state index in [1.165, 1.54) is 0 Å². The summed E-state index contributed by atoms with van der Waals surface area (Å²) in [6.07, 6.45) is 1.63. The van der Waals surface area contributed by atoms with E-state index in [4.69, 9.17) is 0 Å². The fourth-order valence-corrected chi connectivity index (χ4v) is 2.24. The minimum Gasteiger partial charge on any atom is -0.204 e. The number of hydrogen-bond donors (Lipinski definition) is 0. The van der Waals surface area contributed by atoms with Gasteiger partial charge in [-0.05, 0) is 21.9 Å². The van der Waals surface area contributed by atoms with Gasteiger partial charge in [-0.15, -0.1) is 0 Å². The molecular formula is C17H13BF5. The third-order valence-corrected chi connectivity index (χ3v) is 3.64. The molecule has 6 heteroatoms. The summed E-state index contributed by atoms with van der Waals surface area (Å²) < 4.78 is 67.3. The van der Waals surface area contributed by atoms with Crippen LogP contribution in [0.2, 0.25) is 0 Å². The second-order valence-corrected chi connectivity index (χ2v) is 5.68. The maximum absolute atomic E-state index is 13.8. The van der Waals surface area contributed by atoms with Crippen molar-refractivity contribution in [2.24, 2.45) is 0 Å². The van der Waals surface area contributed by atoms with Gasteiger partial charge in [0.2, 0.25) is 0 Å². The van der Waals surface area contributed by atoms with Crippen molar-refractivity contribution in [3.05, 3.63) is 71.1 Å². The molecule has 1 radical (unpaired) electrons. The summed E-state index contributed by atoms with van der Waals surface area (Å²) >= 11 is 0. The molecule has 0 saturated heterocycles. The number of benzene rings is 2. The molecule has 119 valence electrons.